The van der Waals surface area contributed by atoms with E-state index in [0.717, 1.165) is 18.5 Å². The number of fused-ring (bicyclic) bond motifs is 4. The van der Waals surface area contributed by atoms with E-state index in [1.54, 1.807) is 43.2 Å². The third kappa shape index (κ3) is 5.10. The van der Waals surface area contributed by atoms with Crippen LogP contribution in [0.5, 0.6) is 0 Å². The molecule has 0 saturated heterocycles. The van der Waals surface area contributed by atoms with Crippen molar-refractivity contribution in [2.45, 2.75) is 38.4 Å². The first kappa shape index (κ1) is 27.5. The van der Waals surface area contributed by atoms with Gasteiger partial charge in [-0.05, 0) is 37.1 Å². The number of hydrogen-bond acceptors (Lipinski definition) is 5. The van der Waals surface area contributed by atoms with Crippen LogP contribution >= 0.6 is 11.6 Å². The summed E-state index contributed by atoms with van der Waals surface area (Å²) in [6, 6.07) is 5.17. The van der Waals surface area contributed by atoms with E-state index in [9.17, 15) is 27.2 Å². The SMILES string of the molecule is C[C@@H]1CCC[C@H](n2cnc(-c3c(C(F)(F)F)ccc(Cl)c3F)cc2=O)c2cc(ccn2)-c2c(cnn2C)NC1=O. The average molecular weight is 575 g/mol. The number of aromatic nitrogens is 5. The Bertz CT molecular complexity index is 1670. The fourth-order valence-corrected chi connectivity index (χ4v) is 5.06. The van der Waals surface area contributed by atoms with Gasteiger partial charge in [0.1, 0.15) is 0 Å². The molecule has 13 heteroatoms. The number of carbonyl (C=O) groups is 1. The number of hydrogen-bond donors (Lipinski definition) is 1. The number of rotatable bonds is 2. The summed E-state index contributed by atoms with van der Waals surface area (Å²) in [4.78, 5) is 34.7. The Balaban J connectivity index is 1.63. The van der Waals surface area contributed by atoms with Crippen molar-refractivity contribution < 1.29 is 22.4 Å². The summed E-state index contributed by atoms with van der Waals surface area (Å²) < 4.78 is 58.7. The van der Waals surface area contributed by atoms with Crippen molar-refractivity contribution in [3.63, 3.8) is 0 Å². The van der Waals surface area contributed by atoms with Gasteiger partial charge in [-0.1, -0.05) is 24.9 Å². The summed E-state index contributed by atoms with van der Waals surface area (Å²) in [6.45, 7) is 1.80. The first-order valence-electron chi connectivity index (χ1n) is 12.4. The second kappa shape index (κ2) is 10.5. The number of pyridine rings is 1. The predicted molar refractivity (Wildman–Crippen MR) is 140 cm³/mol. The minimum absolute atomic E-state index is 0.173. The molecular weight excluding hydrogens is 552 g/mol. The van der Waals surface area contributed by atoms with E-state index in [4.69, 9.17) is 11.6 Å². The smallest absolute Gasteiger partial charge is 0.323 e. The molecule has 1 amide bonds. The second-order valence-electron chi connectivity index (χ2n) is 9.64. The summed E-state index contributed by atoms with van der Waals surface area (Å²) in [5.41, 5.74) is -1.02. The predicted octanol–water partition coefficient (Wildman–Crippen LogP) is 5.87. The summed E-state index contributed by atoms with van der Waals surface area (Å²) in [5.74, 6) is -1.84. The summed E-state index contributed by atoms with van der Waals surface area (Å²) in [7, 11) is 1.73. The quantitative estimate of drug-likeness (QED) is 0.302. The molecule has 1 aromatic carbocycles. The number of nitrogens with zero attached hydrogens (tertiary/aromatic N) is 5. The number of alkyl halides is 3. The van der Waals surface area contributed by atoms with Gasteiger partial charge in [-0.25, -0.2) is 9.37 Å². The van der Waals surface area contributed by atoms with Crippen LogP contribution in [0, 0.1) is 11.7 Å². The van der Waals surface area contributed by atoms with Gasteiger partial charge in [0.15, 0.2) is 5.82 Å². The number of aryl methyl sites for hydroxylation is 1. The molecule has 2 atom stereocenters. The van der Waals surface area contributed by atoms with Gasteiger partial charge in [-0.2, -0.15) is 18.3 Å². The lowest BCUT2D eigenvalue weighted by molar-refractivity contribution is -0.137. The monoisotopic (exact) mass is 574 g/mol. The number of carbonyl (C=O) groups excluding carboxylic acids is 1. The zero-order valence-electron chi connectivity index (χ0n) is 21.3. The van der Waals surface area contributed by atoms with Gasteiger partial charge < -0.3 is 5.32 Å². The van der Waals surface area contributed by atoms with Crippen LogP contribution in [-0.2, 0) is 18.0 Å². The summed E-state index contributed by atoms with van der Waals surface area (Å²) >= 11 is 5.77. The molecule has 1 aliphatic heterocycles. The first-order chi connectivity index (χ1) is 19.0. The van der Waals surface area contributed by atoms with Crippen LogP contribution < -0.4 is 10.9 Å². The molecule has 2 bridgehead atoms. The summed E-state index contributed by atoms with van der Waals surface area (Å²) in [5, 5.41) is 6.67. The van der Waals surface area contributed by atoms with Crippen molar-refractivity contribution in [2.24, 2.45) is 13.0 Å². The molecule has 5 rings (SSSR count). The fraction of sp³-hybridized carbons (Fsp3) is 0.296. The van der Waals surface area contributed by atoms with Crippen LogP contribution in [0.2, 0.25) is 5.02 Å². The Kier molecular flexibility index (Phi) is 7.21. The van der Waals surface area contributed by atoms with E-state index in [0.29, 0.717) is 48.0 Å². The lowest BCUT2D eigenvalue weighted by atomic mass is 9.97. The Morgan fingerprint density at radius 1 is 1.10 bits per heavy atom. The number of anilines is 1. The number of benzene rings is 1. The number of halogens is 5. The van der Waals surface area contributed by atoms with Crippen molar-refractivity contribution in [1.82, 2.24) is 24.3 Å². The van der Waals surface area contributed by atoms with Gasteiger partial charge in [0.2, 0.25) is 5.91 Å². The average Bonchev–Trinajstić information content (AvgIpc) is 3.26. The first-order valence-corrected chi connectivity index (χ1v) is 12.8. The van der Waals surface area contributed by atoms with E-state index in [1.807, 2.05) is 0 Å². The lowest BCUT2D eigenvalue weighted by Gasteiger charge is -2.22. The van der Waals surface area contributed by atoms with Gasteiger partial charge in [0.05, 0.1) is 51.9 Å². The Labute approximate surface area is 230 Å². The van der Waals surface area contributed by atoms with Crippen LogP contribution in [0.4, 0.5) is 23.2 Å². The van der Waals surface area contributed by atoms with Gasteiger partial charge in [0, 0.05) is 36.4 Å². The van der Waals surface area contributed by atoms with Gasteiger partial charge in [0.25, 0.3) is 5.56 Å². The van der Waals surface area contributed by atoms with Crippen LogP contribution in [-0.4, -0.2) is 30.2 Å². The maximum atomic E-state index is 14.8. The zero-order chi connectivity index (χ0) is 28.8. The molecule has 208 valence electrons. The fourth-order valence-electron chi connectivity index (χ4n) is 4.90. The molecule has 1 N–H and O–H groups in total. The van der Waals surface area contributed by atoms with Gasteiger partial charge in [-0.15, -0.1) is 0 Å². The topological polar surface area (TPSA) is 94.7 Å². The molecule has 4 heterocycles. The Hall–Kier alpha value is -4.06. The van der Waals surface area contributed by atoms with Crippen LogP contribution in [0.1, 0.15) is 43.5 Å². The second-order valence-corrected chi connectivity index (χ2v) is 10.0. The molecule has 0 aliphatic carbocycles. The largest absolute Gasteiger partial charge is 0.417 e. The van der Waals surface area contributed by atoms with E-state index in [2.05, 4.69) is 20.4 Å². The normalized spacial score (nSPS) is 17.9. The highest BCUT2D eigenvalue weighted by Crippen LogP contribution is 2.40. The van der Waals surface area contributed by atoms with E-state index < -0.39 is 45.4 Å². The van der Waals surface area contributed by atoms with Crippen molar-refractivity contribution in [3.8, 4) is 22.5 Å². The Morgan fingerprint density at radius 2 is 1.88 bits per heavy atom. The maximum Gasteiger partial charge on any atom is 0.417 e. The highest BCUT2D eigenvalue weighted by atomic mass is 35.5. The molecule has 40 heavy (non-hydrogen) atoms. The van der Waals surface area contributed by atoms with Crippen LogP contribution in [0.15, 0.2) is 53.8 Å². The third-order valence-electron chi connectivity index (χ3n) is 6.98. The van der Waals surface area contributed by atoms with Gasteiger partial charge in [-0.3, -0.25) is 23.8 Å². The van der Waals surface area contributed by atoms with Crippen LogP contribution in [0.25, 0.3) is 22.5 Å². The third-order valence-corrected chi connectivity index (χ3v) is 7.27. The molecule has 0 radical (unpaired) electrons. The van der Waals surface area contributed by atoms with E-state index in [-0.39, 0.29) is 11.8 Å². The Morgan fingerprint density at radius 3 is 2.60 bits per heavy atom. The van der Waals surface area contributed by atoms with Crippen LogP contribution in [0.3, 0.4) is 0 Å². The molecule has 0 saturated carbocycles. The highest BCUT2D eigenvalue weighted by Gasteiger charge is 2.36. The number of amides is 1. The number of nitrogens with one attached hydrogen (secondary N) is 1. The van der Waals surface area contributed by atoms with Gasteiger partial charge >= 0.3 is 6.18 Å². The molecule has 0 fully saturated rings. The van der Waals surface area contributed by atoms with Crippen molar-refractivity contribution in [3.05, 3.63) is 81.5 Å². The van der Waals surface area contributed by atoms with Crippen molar-refractivity contribution in [2.75, 3.05) is 5.32 Å². The maximum absolute atomic E-state index is 14.8. The molecule has 0 spiro atoms. The molecule has 1 aliphatic rings. The van der Waals surface area contributed by atoms with E-state index in [1.165, 1.54) is 4.57 Å². The minimum Gasteiger partial charge on any atom is -0.323 e. The minimum atomic E-state index is -4.90. The molecule has 4 aromatic rings. The van der Waals surface area contributed by atoms with E-state index >= 15 is 0 Å². The van der Waals surface area contributed by atoms with Crippen molar-refractivity contribution >= 4 is 23.2 Å². The molecule has 3 aromatic heterocycles. The zero-order valence-corrected chi connectivity index (χ0v) is 22.1. The lowest BCUT2D eigenvalue weighted by Crippen LogP contribution is -2.27. The summed E-state index contributed by atoms with van der Waals surface area (Å²) in [6.07, 6.45) is 0.722. The molecule has 8 nitrogen and oxygen atoms in total. The standard InChI is InChI=1S/C27H23ClF4N6O2/c1-14-4-3-5-21(18-10-15(8-9-33-18)25-20(36-26(14)40)12-35-37(25)2)38-13-34-19(11-22(38)39)23-16(27(30,31)32)6-7-17(28)24(23)29/h6-14,21H,3-5H2,1-2H3,(H,36,40)/t14-,21+/m1/s1. The molecule has 0 unspecified atom stereocenters. The molecular formula is C27H23ClF4N6O2. The van der Waals surface area contributed by atoms with Crippen molar-refractivity contribution in [1.29, 1.82) is 0 Å². The highest BCUT2D eigenvalue weighted by molar-refractivity contribution is 6.31.